The molecule has 0 bridgehead atoms. The van der Waals surface area contributed by atoms with Crippen LogP contribution in [0, 0.1) is 11.6 Å². The fourth-order valence-electron chi connectivity index (χ4n) is 1.08. The number of aromatic nitrogens is 2. The van der Waals surface area contributed by atoms with Crippen molar-refractivity contribution in [2.45, 2.75) is 0 Å². The van der Waals surface area contributed by atoms with Crippen LogP contribution in [0.4, 0.5) is 13.9 Å². The zero-order valence-corrected chi connectivity index (χ0v) is 8.59. The van der Waals surface area contributed by atoms with Crippen LogP contribution >= 0.6 is 11.3 Å². The molecule has 0 unspecified atom stereocenters. The zero-order chi connectivity index (χ0) is 11.5. The van der Waals surface area contributed by atoms with Gasteiger partial charge in [0, 0.05) is 11.6 Å². The maximum Gasteiger partial charge on any atom is 0.257 e. The van der Waals surface area contributed by atoms with Gasteiger partial charge in [-0.25, -0.2) is 8.78 Å². The number of amides is 1. The van der Waals surface area contributed by atoms with Crippen molar-refractivity contribution >= 4 is 22.4 Å². The molecule has 0 saturated heterocycles. The highest BCUT2D eigenvalue weighted by Gasteiger charge is 2.10. The summed E-state index contributed by atoms with van der Waals surface area (Å²) in [5, 5.41) is 9.72. The minimum atomic E-state index is -0.803. The standard InChI is InChI=1S/C9H5F2N3OS/c10-6-1-5(2-7(11)3-6)8(15)13-9-14-12-4-16-9/h1-4H,(H,13,14,15). The van der Waals surface area contributed by atoms with E-state index in [0.29, 0.717) is 6.07 Å². The van der Waals surface area contributed by atoms with Crippen molar-refractivity contribution in [3.05, 3.63) is 40.9 Å². The maximum absolute atomic E-state index is 12.8. The van der Waals surface area contributed by atoms with Crippen LogP contribution in [0.2, 0.25) is 0 Å². The Kier molecular flexibility index (Phi) is 2.86. The molecule has 0 radical (unpaired) electrons. The number of hydrogen-bond acceptors (Lipinski definition) is 4. The summed E-state index contributed by atoms with van der Waals surface area (Å²) < 4.78 is 25.6. The molecule has 2 aromatic rings. The molecule has 1 aromatic heterocycles. The lowest BCUT2D eigenvalue weighted by atomic mass is 10.2. The predicted octanol–water partition coefficient (Wildman–Crippen LogP) is 2.07. The number of carbonyl (C=O) groups is 1. The van der Waals surface area contributed by atoms with Gasteiger partial charge in [0.1, 0.15) is 17.1 Å². The summed E-state index contributed by atoms with van der Waals surface area (Å²) in [5.41, 5.74) is 1.33. The molecule has 0 aliphatic rings. The first-order chi connectivity index (χ1) is 7.65. The van der Waals surface area contributed by atoms with Gasteiger partial charge in [-0.15, -0.1) is 10.2 Å². The van der Waals surface area contributed by atoms with E-state index in [0.717, 1.165) is 23.5 Å². The van der Waals surface area contributed by atoms with E-state index < -0.39 is 17.5 Å². The van der Waals surface area contributed by atoms with Crippen LogP contribution in [-0.2, 0) is 0 Å². The minimum Gasteiger partial charge on any atom is -0.296 e. The van der Waals surface area contributed by atoms with Gasteiger partial charge in [-0.1, -0.05) is 11.3 Å². The summed E-state index contributed by atoms with van der Waals surface area (Å²) >= 11 is 1.11. The molecular formula is C9H5F2N3OS. The lowest BCUT2D eigenvalue weighted by molar-refractivity contribution is 0.102. The van der Waals surface area contributed by atoms with Crippen molar-refractivity contribution < 1.29 is 13.6 Å². The SMILES string of the molecule is O=C(Nc1nncs1)c1cc(F)cc(F)c1. The largest absolute Gasteiger partial charge is 0.296 e. The summed E-state index contributed by atoms with van der Waals surface area (Å²) in [6.45, 7) is 0. The third-order valence-corrected chi connectivity index (χ3v) is 2.31. The lowest BCUT2D eigenvalue weighted by Crippen LogP contribution is -2.12. The van der Waals surface area contributed by atoms with Crippen molar-refractivity contribution in [1.82, 2.24) is 10.2 Å². The van der Waals surface area contributed by atoms with Gasteiger partial charge in [0.25, 0.3) is 5.91 Å². The minimum absolute atomic E-state index is 0.104. The topological polar surface area (TPSA) is 54.9 Å². The lowest BCUT2D eigenvalue weighted by Gasteiger charge is -2.01. The molecule has 0 fully saturated rings. The third kappa shape index (κ3) is 2.37. The molecule has 7 heteroatoms. The average Bonchev–Trinajstić information content (AvgIpc) is 2.68. The molecule has 0 atom stereocenters. The molecule has 0 aliphatic heterocycles. The number of anilines is 1. The van der Waals surface area contributed by atoms with Crippen LogP contribution in [0.5, 0.6) is 0 Å². The van der Waals surface area contributed by atoms with E-state index >= 15 is 0 Å². The van der Waals surface area contributed by atoms with Crippen LogP contribution in [0.25, 0.3) is 0 Å². The van der Waals surface area contributed by atoms with Crippen molar-refractivity contribution in [3.63, 3.8) is 0 Å². The molecule has 1 N–H and O–H groups in total. The Balaban J connectivity index is 2.21. The highest BCUT2D eigenvalue weighted by atomic mass is 32.1. The Bertz CT molecular complexity index is 495. The van der Waals surface area contributed by atoms with E-state index in [1.807, 2.05) is 0 Å². The quantitative estimate of drug-likeness (QED) is 0.875. The van der Waals surface area contributed by atoms with Gasteiger partial charge in [-0.2, -0.15) is 0 Å². The normalized spacial score (nSPS) is 10.1. The fourth-order valence-corrected chi connectivity index (χ4v) is 1.52. The van der Waals surface area contributed by atoms with Gasteiger partial charge in [0.05, 0.1) is 0 Å². The van der Waals surface area contributed by atoms with E-state index in [9.17, 15) is 13.6 Å². The number of hydrogen-bond donors (Lipinski definition) is 1. The highest BCUT2D eigenvalue weighted by molar-refractivity contribution is 7.13. The first kappa shape index (κ1) is 10.6. The first-order valence-electron chi connectivity index (χ1n) is 4.19. The zero-order valence-electron chi connectivity index (χ0n) is 7.78. The second-order valence-corrected chi connectivity index (χ2v) is 3.69. The van der Waals surface area contributed by atoms with Crippen LogP contribution in [-0.4, -0.2) is 16.1 Å². The van der Waals surface area contributed by atoms with E-state index in [4.69, 9.17) is 0 Å². The molecule has 0 saturated carbocycles. The summed E-state index contributed by atoms with van der Waals surface area (Å²) in [6.07, 6.45) is 0. The number of nitrogens with one attached hydrogen (secondary N) is 1. The van der Waals surface area contributed by atoms with Crippen LogP contribution in [0.15, 0.2) is 23.7 Å². The van der Waals surface area contributed by atoms with Gasteiger partial charge in [-0.05, 0) is 12.1 Å². The van der Waals surface area contributed by atoms with Crippen molar-refractivity contribution in [2.24, 2.45) is 0 Å². The molecule has 4 nitrogen and oxygen atoms in total. The number of halogens is 2. The smallest absolute Gasteiger partial charge is 0.257 e. The second kappa shape index (κ2) is 4.31. The molecule has 1 amide bonds. The van der Waals surface area contributed by atoms with E-state index in [1.165, 1.54) is 5.51 Å². The Morgan fingerprint density at radius 3 is 2.50 bits per heavy atom. The van der Waals surface area contributed by atoms with Gasteiger partial charge >= 0.3 is 0 Å². The van der Waals surface area contributed by atoms with E-state index in [1.54, 1.807) is 0 Å². The molecule has 0 spiro atoms. The third-order valence-electron chi connectivity index (χ3n) is 1.71. The molecule has 1 heterocycles. The first-order valence-corrected chi connectivity index (χ1v) is 5.07. The maximum atomic E-state index is 12.8. The van der Waals surface area contributed by atoms with Crippen LogP contribution in [0.3, 0.4) is 0 Å². The van der Waals surface area contributed by atoms with E-state index in [-0.39, 0.29) is 10.7 Å². The summed E-state index contributed by atoms with van der Waals surface area (Å²) in [6, 6.07) is 2.58. The molecule has 0 aliphatic carbocycles. The van der Waals surface area contributed by atoms with Crippen molar-refractivity contribution in [3.8, 4) is 0 Å². The summed E-state index contributed by atoms with van der Waals surface area (Å²) in [5.74, 6) is -2.24. The monoisotopic (exact) mass is 241 g/mol. The van der Waals surface area contributed by atoms with Crippen LogP contribution in [0.1, 0.15) is 10.4 Å². The second-order valence-electron chi connectivity index (χ2n) is 2.86. The van der Waals surface area contributed by atoms with E-state index in [2.05, 4.69) is 15.5 Å². The summed E-state index contributed by atoms with van der Waals surface area (Å²) in [7, 11) is 0. The van der Waals surface area contributed by atoms with Gasteiger partial charge in [-0.3, -0.25) is 10.1 Å². The van der Waals surface area contributed by atoms with Gasteiger partial charge in [0.2, 0.25) is 5.13 Å². The number of benzene rings is 1. The molecule has 1 aromatic carbocycles. The Morgan fingerprint density at radius 2 is 1.94 bits per heavy atom. The van der Waals surface area contributed by atoms with Crippen molar-refractivity contribution in [2.75, 3.05) is 5.32 Å². The summed E-state index contributed by atoms with van der Waals surface area (Å²) in [4.78, 5) is 11.5. The molecular weight excluding hydrogens is 236 g/mol. The Labute approximate surface area is 92.9 Å². The number of rotatable bonds is 2. The van der Waals surface area contributed by atoms with Gasteiger partial charge in [0.15, 0.2) is 0 Å². The van der Waals surface area contributed by atoms with Crippen molar-refractivity contribution in [1.29, 1.82) is 0 Å². The van der Waals surface area contributed by atoms with Crippen LogP contribution < -0.4 is 5.32 Å². The highest BCUT2D eigenvalue weighted by Crippen LogP contribution is 2.12. The number of nitrogens with zero attached hydrogens (tertiary/aromatic N) is 2. The number of carbonyl (C=O) groups excluding carboxylic acids is 1. The predicted molar refractivity (Wildman–Crippen MR) is 54.2 cm³/mol. The Morgan fingerprint density at radius 1 is 1.25 bits per heavy atom. The average molecular weight is 241 g/mol. The molecule has 2 rings (SSSR count). The molecule has 82 valence electrons. The van der Waals surface area contributed by atoms with Gasteiger partial charge < -0.3 is 0 Å². The Hall–Kier alpha value is -1.89. The molecule has 16 heavy (non-hydrogen) atoms. The fraction of sp³-hybridized carbons (Fsp3) is 0.